The summed E-state index contributed by atoms with van der Waals surface area (Å²) in [6.45, 7) is 0. The molecule has 2 heteroatoms. The summed E-state index contributed by atoms with van der Waals surface area (Å²) in [6, 6.07) is 25.1. The molecule has 2 nitrogen and oxygen atoms in total. The Labute approximate surface area is 205 Å². The van der Waals surface area contributed by atoms with E-state index < -0.39 is 0 Å². The van der Waals surface area contributed by atoms with E-state index in [2.05, 4.69) is 101 Å². The fourth-order valence-corrected chi connectivity index (χ4v) is 6.53. The van der Waals surface area contributed by atoms with E-state index in [0.717, 1.165) is 37.5 Å². The van der Waals surface area contributed by atoms with Crippen LogP contribution >= 0.6 is 0 Å². The predicted molar refractivity (Wildman–Crippen MR) is 146 cm³/mol. The van der Waals surface area contributed by atoms with E-state index >= 15 is 0 Å². The summed E-state index contributed by atoms with van der Waals surface area (Å²) in [6.07, 6.45) is 15.0. The largest absolute Gasteiger partial charge is 0.355 e. The molecule has 2 aromatic heterocycles. The lowest BCUT2D eigenvalue weighted by Gasteiger charge is -2.13. The molecule has 3 aliphatic carbocycles. The van der Waals surface area contributed by atoms with Gasteiger partial charge in [-0.3, -0.25) is 0 Å². The van der Waals surface area contributed by atoms with E-state index in [1.807, 2.05) is 0 Å². The number of H-pyrrole nitrogens is 1. The van der Waals surface area contributed by atoms with Crippen molar-refractivity contribution in [3.05, 3.63) is 113 Å². The van der Waals surface area contributed by atoms with Gasteiger partial charge in [-0.1, -0.05) is 60.7 Å². The zero-order valence-electron chi connectivity index (χ0n) is 19.8. The number of nitrogens with zero attached hydrogens (tertiary/aromatic N) is 1. The Balaban J connectivity index is 1.14. The van der Waals surface area contributed by atoms with Crippen LogP contribution in [0.4, 0.5) is 0 Å². The van der Waals surface area contributed by atoms with Crippen molar-refractivity contribution in [2.45, 2.75) is 38.0 Å². The fourth-order valence-electron chi connectivity index (χ4n) is 6.53. The van der Waals surface area contributed by atoms with Crippen LogP contribution in [0.5, 0.6) is 0 Å². The second-order valence-corrected chi connectivity index (χ2v) is 10.5. The van der Waals surface area contributed by atoms with Crippen LogP contribution in [0.1, 0.15) is 52.4 Å². The number of hydrogen-bond donors (Lipinski definition) is 1. The van der Waals surface area contributed by atoms with Crippen molar-refractivity contribution >= 4 is 34.0 Å². The van der Waals surface area contributed by atoms with Crippen LogP contribution in [0.15, 0.2) is 78.9 Å². The van der Waals surface area contributed by atoms with Gasteiger partial charge >= 0.3 is 0 Å². The Bertz CT molecular complexity index is 1680. The zero-order chi connectivity index (χ0) is 22.9. The van der Waals surface area contributed by atoms with Crippen LogP contribution in [-0.2, 0) is 19.3 Å². The number of nitrogens with one attached hydrogen (secondary N) is 1. The molecule has 5 aromatic rings. The van der Waals surface area contributed by atoms with Crippen molar-refractivity contribution in [2.75, 3.05) is 0 Å². The lowest BCUT2D eigenvalue weighted by molar-refractivity contribution is 0.887. The fraction of sp³-hybridized carbons (Fsp3) is 0.212. The molecule has 2 unspecified atom stereocenters. The normalized spacial score (nSPS) is 19.7. The molecular formula is C33H28N2. The predicted octanol–water partition coefficient (Wildman–Crippen LogP) is 7.99. The number of rotatable bonds is 4. The molecule has 0 radical (unpaired) electrons. The summed E-state index contributed by atoms with van der Waals surface area (Å²) in [5.41, 5.74) is 12.5. The van der Waals surface area contributed by atoms with Crippen molar-refractivity contribution < 1.29 is 0 Å². The van der Waals surface area contributed by atoms with Gasteiger partial charge in [-0.2, -0.15) is 0 Å². The molecule has 3 aliphatic rings. The first-order valence-corrected chi connectivity index (χ1v) is 13.0. The number of benzene rings is 3. The second kappa shape index (κ2) is 7.36. The van der Waals surface area contributed by atoms with Crippen LogP contribution in [0, 0.1) is 5.92 Å². The van der Waals surface area contributed by atoms with Gasteiger partial charge in [0.05, 0.1) is 5.52 Å². The minimum absolute atomic E-state index is 0.753. The van der Waals surface area contributed by atoms with E-state index in [4.69, 9.17) is 0 Å². The highest BCUT2D eigenvalue weighted by Crippen LogP contribution is 2.54. The summed E-state index contributed by atoms with van der Waals surface area (Å²) < 4.78 is 2.49. The van der Waals surface area contributed by atoms with Gasteiger partial charge in [0.2, 0.25) is 0 Å². The first-order chi connectivity index (χ1) is 17.3. The van der Waals surface area contributed by atoms with Crippen molar-refractivity contribution in [1.29, 1.82) is 0 Å². The maximum absolute atomic E-state index is 3.69. The smallest absolute Gasteiger partial charge is 0.0540 e. The summed E-state index contributed by atoms with van der Waals surface area (Å²) in [5, 5.41) is 2.80. The average molecular weight is 453 g/mol. The molecule has 2 atom stereocenters. The van der Waals surface area contributed by atoms with Crippen molar-refractivity contribution in [2.24, 2.45) is 5.92 Å². The highest BCUT2D eigenvalue weighted by atomic mass is 15.0. The number of allylic oxidation sites excluding steroid dienone is 2. The number of para-hydroxylation sites is 1. The van der Waals surface area contributed by atoms with Gasteiger partial charge in [-0.15, -0.1) is 0 Å². The molecule has 0 bridgehead atoms. The summed E-state index contributed by atoms with van der Waals surface area (Å²) >= 11 is 0. The molecule has 1 saturated carbocycles. The van der Waals surface area contributed by atoms with Gasteiger partial charge in [0.15, 0.2) is 0 Å². The molecule has 3 aromatic carbocycles. The Hall–Kier alpha value is -3.78. The molecular weight excluding hydrogens is 424 g/mol. The summed E-state index contributed by atoms with van der Waals surface area (Å²) in [7, 11) is 0. The van der Waals surface area contributed by atoms with Crippen LogP contribution < -0.4 is 0 Å². The third-order valence-electron chi connectivity index (χ3n) is 8.38. The third kappa shape index (κ3) is 3.02. The molecule has 2 heterocycles. The topological polar surface area (TPSA) is 20.7 Å². The molecule has 0 amide bonds. The van der Waals surface area contributed by atoms with Crippen LogP contribution in [-0.4, -0.2) is 9.55 Å². The maximum Gasteiger partial charge on any atom is 0.0540 e. The third-order valence-corrected chi connectivity index (χ3v) is 8.38. The second-order valence-electron chi connectivity index (χ2n) is 10.5. The molecule has 1 fully saturated rings. The first-order valence-electron chi connectivity index (χ1n) is 13.0. The number of fused-ring (bicyclic) bond motifs is 8. The molecule has 0 saturated heterocycles. The van der Waals surface area contributed by atoms with Crippen molar-refractivity contribution in [3.63, 3.8) is 0 Å². The Morgan fingerprint density at radius 1 is 0.857 bits per heavy atom. The van der Waals surface area contributed by atoms with E-state index in [1.54, 1.807) is 5.56 Å². The van der Waals surface area contributed by atoms with E-state index in [0.29, 0.717) is 0 Å². The average Bonchev–Trinajstić information content (AvgIpc) is 3.50. The van der Waals surface area contributed by atoms with Gasteiger partial charge < -0.3 is 9.55 Å². The van der Waals surface area contributed by atoms with Crippen molar-refractivity contribution in [1.82, 2.24) is 9.55 Å². The van der Waals surface area contributed by atoms with Gasteiger partial charge in [0.25, 0.3) is 0 Å². The minimum atomic E-state index is 0.753. The van der Waals surface area contributed by atoms with Crippen LogP contribution in [0.25, 0.3) is 39.6 Å². The number of aromatic nitrogens is 2. The molecule has 35 heavy (non-hydrogen) atoms. The highest BCUT2D eigenvalue weighted by molar-refractivity contribution is 5.94. The first kappa shape index (κ1) is 19.5. The molecule has 170 valence electrons. The van der Waals surface area contributed by atoms with Gasteiger partial charge in [-0.25, -0.2) is 0 Å². The van der Waals surface area contributed by atoms with Crippen LogP contribution in [0.2, 0.25) is 0 Å². The lowest BCUT2D eigenvalue weighted by atomic mass is 9.98. The Morgan fingerprint density at radius 2 is 1.69 bits per heavy atom. The SMILES string of the molecule is C1=Cc2c(n(-c3ccccc3)c3cc(CCc4ccc5c6c([nH]c5c4)C=CC4CC64)ccc23)CC1. The number of aromatic amines is 1. The van der Waals surface area contributed by atoms with Gasteiger partial charge in [0, 0.05) is 38.9 Å². The van der Waals surface area contributed by atoms with E-state index in [9.17, 15) is 0 Å². The Kier molecular flexibility index (Phi) is 4.10. The Morgan fingerprint density at radius 3 is 2.57 bits per heavy atom. The number of aryl methyl sites for hydroxylation is 2. The summed E-state index contributed by atoms with van der Waals surface area (Å²) in [4.78, 5) is 3.69. The minimum Gasteiger partial charge on any atom is -0.355 e. The number of hydrogen-bond acceptors (Lipinski definition) is 0. The van der Waals surface area contributed by atoms with Crippen molar-refractivity contribution in [3.8, 4) is 5.69 Å². The van der Waals surface area contributed by atoms with E-state index in [1.165, 1.54) is 62.0 Å². The lowest BCUT2D eigenvalue weighted by Crippen LogP contribution is -2.02. The molecule has 1 N–H and O–H groups in total. The summed E-state index contributed by atoms with van der Waals surface area (Å²) in [5.74, 6) is 1.54. The van der Waals surface area contributed by atoms with Crippen LogP contribution in [0.3, 0.4) is 0 Å². The standard InChI is InChI=1S/C33H28N2/c1-2-6-24(7-3-1)35-31-9-5-4-8-25(31)26-15-12-22(19-32(26)35)11-10-21-13-16-27-30(18-21)34-29-17-14-23-20-28(23)33(27)29/h1-4,6-8,12-19,23,28,34H,5,9-11,20H2. The zero-order valence-corrected chi connectivity index (χ0v) is 19.8. The quantitative estimate of drug-likeness (QED) is 0.285. The monoisotopic (exact) mass is 452 g/mol. The van der Waals surface area contributed by atoms with Gasteiger partial charge in [-0.05, 0) is 91.0 Å². The molecule has 0 aliphatic heterocycles. The molecule has 8 rings (SSSR count). The molecule has 0 spiro atoms. The van der Waals surface area contributed by atoms with E-state index in [-0.39, 0.29) is 0 Å². The maximum atomic E-state index is 3.69. The highest BCUT2D eigenvalue weighted by Gasteiger charge is 2.41. The van der Waals surface area contributed by atoms with Gasteiger partial charge in [0.1, 0.15) is 0 Å².